The number of fused-ring (bicyclic) bond motifs is 4. The molecule has 2 aromatic rings. The van der Waals surface area contributed by atoms with Gasteiger partial charge in [-0.25, -0.2) is 0 Å². The molecule has 0 bridgehead atoms. The summed E-state index contributed by atoms with van der Waals surface area (Å²) in [5.41, 5.74) is -1.54. The first-order valence-electron chi connectivity index (χ1n) is 8.52. The van der Waals surface area contributed by atoms with Crippen LogP contribution in [0.3, 0.4) is 0 Å². The first-order chi connectivity index (χ1) is 12.0. The van der Waals surface area contributed by atoms with Crippen LogP contribution in [0.1, 0.15) is 55.3 Å². The third-order valence-corrected chi connectivity index (χ3v) is 6.01. The summed E-state index contributed by atoms with van der Waals surface area (Å²) in [5, 5.41) is 32.6. The van der Waals surface area contributed by atoms with E-state index < -0.39 is 22.4 Å². The van der Waals surface area contributed by atoms with Crippen molar-refractivity contribution in [2.45, 2.75) is 46.0 Å². The molecule has 0 spiro atoms. The summed E-state index contributed by atoms with van der Waals surface area (Å²) in [7, 11) is 0. The van der Waals surface area contributed by atoms with E-state index in [2.05, 4.69) is 0 Å². The summed E-state index contributed by atoms with van der Waals surface area (Å²) in [5.74, 6) is -1.47. The average molecular weight is 356 g/mol. The van der Waals surface area contributed by atoms with Gasteiger partial charge in [0, 0.05) is 22.8 Å². The maximum absolute atomic E-state index is 12.9. The molecule has 4 rings (SSSR count). The lowest BCUT2D eigenvalue weighted by molar-refractivity contribution is -0.127. The molecule has 0 unspecified atom stereocenters. The van der Waals surface area contributed by atoms with E-state index in [9.17, 15) is 24.9 Å². The number of aryl methyl sites for hydroxylation is 1. The number of phenolic OH excluding ortho intramolecular Hbond substituents is 2. The molecule has 1 fully saturated rings. The molecule has 2 aliphatic rings. The number of hydrogen-bond donors (Lipinski definition) is 3. The van der Waals surface area contributed by atoms with Gasteiger partial charge in [0.1, 0.15) is 17.3 Å². The molecular formula is C20H20O6. The molecule has 3 N–H and O–H groups in total. The Morgan fingerprint density at radius 1 is 1.08 bits per heavy atom. The van der Waals surface area contributed by atoms with E-state index in [0.29, 0.717) is 12.2 Å². The van der Waals surface area contributed by atoms with Crippen LogP contribution in [-0.2, 0) is 10.2 Å². The van der Waals surface area contributed by atoms with Gasteiger partial charge in [0.05, 0.1) is 10.9 Å². The van der Waals surface area contributed by atoms with Crippen molar-refractivity contribution in [3.8, 4) is 11.5 Å². The molecule has 26 heavy (non-hydrogen) atoms. The third kappa shape index (κ3) is 1.71. The second-order valence-corrected chi connectivity index (χ2v) is 7.98. The van der Waals surface area contributed by atoms with Crippen molar-refractivity contribution in [2.24, 2.45) is 5.41 Å². The molecule has 6 nitrogen and oxygen atoms in total. The fourth-order valence-corrected chi connectivity index (χ4v) is 4.78. The maximum Gasteiger partial charge on any atom is 0.231 e. The van der Waals surface area contributed by atoms with Crippen LogP contribution in [0.2, 0.25) is 0 Å². The summed E-state index contributed by atoms with van der Waals surface area (Å²) in [6.45, 7) is 6.79. The first kappa shape index (κ1) is 16.7. The number of ketones is 2. The van der Waals surface area contributed by atoms with Gasteiger partial charge in [0.2, 0.25) is 5.78 Å². The number of allylic oxidation sites excluding steroid dienone is 2. The van der Waals surface area contributed by atoms with Gasteiger partial charge in [0.25, 0.3) is 0 Å². The number of aromatic hydroxyl groups is 2. The van der Waals surface area contributed by atoms with Crippen molar-refractivity contribution in [1.82, 2.24) is 0 Å². The molecule has 136 valence electrons. The summed E-state index contributed by atoms with van der Waals surface area (Å²) in [6, 6.07) is 1.53. The van der Waals surface area contributed by atoms with E-state index in [1.807, 2.05) is 0 Å². The Kier molecular flexibility index (Phi) is 3.01. The van der Waals surface area contributed by atoms with Gasteiger partial charge in [-0.2, -0.15) is 0 Å². The van der Waals surface area contributed by atoms with Gasteiger partial charge in [-0.05, 0) is 38.8 Å². The van der Waals surface area contributed by atoms with Gasteiger partial charge in [-0.1, -0.05) is 6.92 Å². The van der Waals surface area contributed by atoms with Crippen LogP contribution >= 0.6 is 0 Å². The summed E-state index contributed by atoms with van der Waals surface area (Å²) in [4.78, 5) is 25.4. The van der Waals surface area contributed by atoms with Crippen LogP contribution in [0, 0.1) is 12.3 Å². The lowest BCUT2D eigenvalue weighted by atomic mass is 9.54. The first-order valence-corrected chi connectivity index (χ1v) is 8.52. The van der Waals surface area contributed by atoms with Crippen molar-refractivity contribution in [3.05, 3.63) is 34.3 Å². The van der Waals surface area contributed by atoms with E-state index in [0.717, 1.165) is 0 Å². The molecule has 0 amide bonds. The highest BCUT2D eigenvalue weighted by Crippen LogP contribution is 2.59. The van der Waals surface area contributed by atoms with Crippen molar-refractivity contribution in [1.29, 1.82) is 0 Å². The second kappa shape index (κ2) is 4.69. The highest BCUT2D eigenvalue weighted by atomic mass is 16.4. The number of furan rings is 1. The number of benzene rings is 1. The van der Waals surface area contributed by atoms with E-state index in [4.69, 9.17) is 4.42 Å². The van der Waals surface area contributed by atoms with Crippen LogP contribution in [0.25, 0.3) is 11.0 Å². The standard InChI is InChI=1S/C20H20O6/c1-8-7-9-13(22)11-12(15(24)17(9)26-8)20(4)6-5-10(21)19(2,3)18(20)16(25)14(11)23/h7,22,24-25H,5-6H2,1-4H3/t20-/m1/s1. The number of aliphatic hydroxyl groups excluding tert-OH is 1. The number of Topliss-reactive ketones (excluding diaryl/α,β-unsaturated/α-hetero) is 2. The van der Waals surface area contributed by atoms with Crippen LogP contribution in [0.4, 0.5) is 0 Å². The molecule has 0 aliphatic heterocycles. The van der Waals surface area contributed by atoms with E-state index in [1.54, 1.807) is 27.7 Å². The Labute approximate surface area is 149 Å². The predicted molar refractivity (Wildman–Crippen MR) is 93.6 cm³/mol. The van der Waals surface area contributed by atoms with Gasteiger partial charge >= 0.3 is 0 Å². The number of aliphatic hydroxyl groups is 1. The summed E-state index contributed by atoms with van der Waals surface area (Å²) < 4.78 is 5.54. The zero-order valence-electron chi connectivity index (χ0n) is 15.1. The molecule has 2 aliphatic carbocycles. The minimum absolute atomic E-state index is 0.0774. The summed E-state index contributed by atoms with van der Waals surface area (Å²) in [6.07, 6.45) is 0.552. The fraction of sp³-hybridized carbons (Fsp3) is 0.400. The van der Waals surface area contributed by atoms with Crippen molar-refractivity contribution in [2.75, 3.05) is 0 Å². The van der Waals surface area contributed by atoms with Crippen LogP contribution in [0.15, 0.2) is 21.8 Å². The normalized spacial score (nSPS) is 24.8. The van der Waals surface area contributed by atoms with Crippen molar-refractivity contribution >= 4 is 22.5 Å². The van der Waals surface area contributed by atoms with Crippen LogP contribution in [-0.4, -0.2) is 26.9 Å². The zero-order chi connectivity index (χ0) is 19.2. The molecule has 0 radical (unpaired) electrons. The van der Waals surface area contributed by atoms with Crippen LogP contribution < -0.4 is 0 Å². The summed E-state index contributed by atoms with van der Waals surface area (Å²) >= 11 is 0. The quantitative estimate of drug-likeness (QED) is 0.620. The Balaban J connectivity index is 2.18. The number of phenols is 2. The highest BCUT2D eigenvalue weighted by Gasteiger charge is 2.56. The minimum Gasteiger partial charge on any atom is -0.506 e. The average Bonchev–Trinajstić information content (AvgIpc) is 2.95. The molecule has 1 heterocycles. The minimum atomic E-state index is -1.06. The van der Waals surface area contributed by atoms with Crippen molar-refractivity contribution in [3.63, 3.8) is 0 Å². The highest BCUT2D eigenvalue weighted by molar-refractivity contribution is 6.17. The third-order valence-electron chi connectivity index (χ3n) is 6.01. The van der Waals surface area contributed by atoms with E-state index in [1.165, 1.54) is 6.07 Å². The topological polar surface area (TPSA) is 108 Å². The fourth-order valence-electron chi connectivity index (χ4n) is 4.78. The molecule has 6 heteroatoms. The number of hydrogen-bond acceptors (Lipinski definition) is 6. The number of carbonyl (C=O) groups is 2. The van der Waals surface area contributed by atoms with Gasteiger partial charge in [0.15, 0.2) is 17.1 Å². The SMILES string of the molecule is Cc1cc2c(O)c3c(c(O)c2o1)[C@@]1(C)CCC(=O)C(C)(C)C1=C(O)C3=O. The Hall–Kier alpha value is -2.76. The molecule has 1 atom stereocenters. The lowest BCUT2D eigenvalue weighted by Gasteiger charge is -2.47. The lowest BCUT2D eigenvalue weighted by Crippen LogP contribution is -2.47. The monoisotopic (exact) mass is 356 g/mol. The molecular weight excluding hydrogens is 336 g/mol. The van der Waals surface area contributed by atoms with Crippen molar-refractivity contribution < 1.29 is 29.3 Å². The second-order valence-electron chi connectivity index (χ2n) is 7.98. The Bertz CT molecular complexity index is 1050. The number of rotatable bonds is 0. The molecule has 0 saturated heterocycles. The molecule has 1 saturated carbocycles. The van der Waals surface area contributed by atoms with E-state index in [-0.39, 0.29) is 51.4 Å². The number of carbonyl (C=O) groups excluding carboxylic acids is 2. The Morgan fingerprint density at radius 2 is 1.73 bits per heavy atom. The maximum atomic E-state index is 12.9. The Morgan fingerprint density at radius 3 is 2.38 bits per heavy atom. The van der Waals surface area contributed by atoms with Gasteiger partial charge in [-0.15, -0.1) is 0 Å². The predicted octanol–water partition coefficient (Wildman–Crippen LogP) is 3.81. The van der Waals surface area contributed by atoms with Crippen LogP contribution in [0.5, 0.6) is 11.5 Å². The molecule has 1 aromatic heterocycles. The van der Waals surface area contributed by atoms with E-state index >= 15 is 0 Å². The van der Waals surface area contributed by atoms with Gasteiger partial charge < -0.3 is 19.7 Å². The largest absolute Gasteiger partial charge is 0.506 e. The smallest absolute Gasteiger partial charge is 0.231 e. The zero-order valence-corrected chi connectivity index (χ0v) is 15.1. The van der Waals surface area contributed by atoms with Gasteiger partial charge in [-0.3, -0.25) is 9.59 Å². The molecule has 1 aromatic carbocycles.